The van der Waals surface area contributed by atoms with Crippen LogP contribution in [0.15, 0.2) is 0 Å². The maximum Gasteiger partial charge on any atom is 0.236 e. The maximum absolute atomic E-state index is 10.7. The second-order valence-corrected chi connectivity index (χ2v) is 5.01. The highest BCUT2D eigenvalue weighted by atomic mass is 16.5. The standard InChI is InChI=1S/C13H26N2O3/c1-2-10-3-5-11(6-4-10)18-8-7-17-9-12(14)13(15)16/h10-12H,2-9,14H2,1H3,(H2,15,16). The van der Waals surface area contributed by atoms with Gasteiger partial charge in [0, 0.05) is 0 Å². The van der Waals surface area contributed by atoms with Gasteiger partial charge < -0.3 is 20.9 Å². The van der Waals surface area contributed by atoms with Gasteiger partial charge in [0.05, 0.1) is 25.9 Å². The molecule has 0 radical (unpaired) electrons. The summed E-state index contributed by atoms with van der Waals surface area (Å²) in [5.74, 6) is 0.350. The highest BCUT2D eigenvalue weighted by Gasteiger charge is 2.20. The first-order valence-electron chi connectivity index (χ1n) is 6.87. The zero-order valence-corrected chi connectivity index (χ0v) is 11.3. The van der Waals surface area contributed by atoms with Crippen LogP contribution in [0.4, 0.5) is 0 Å². The minimum Gasteiger partial charge on any atom is -0.377 e. The van der Waals surface area contributed by atoms with Crippen molar-refractivity contribution < 1.29 is 14.3 Å². The molecule has 1 atom stereocenters. The van der Waals surface area contributed by atoms with E-state index in [1.807, 2.05) is 0 Å². The molecule has 5 nitrogen and oxygen atoms in total. The Hall–Kier alpha value is -0.650. The molecular formula is C13H26N2O3. The molecule has 4 N–H and O–H groups in total. The van der Waals surface area contributed by atoms with Crippen LogP contribution in [0.2, 0.25) is 0 Å². The van der Waals surface area contributed by atoms with Crippen molar-refractivity contribution in [3.05, 3.63) is 0 Å². The predicted octanol–water partition coefficient (Wildman–Crippen LogP) is 0.801. The van der Waals surface area contributed by atoms with Gasteiger partial charge in [0.25, 0.3) is 0 Å². The maximum atomic E-state index is 10.7. The molecular weight excluding hydrogens is 232 g/mol. The smallest absolute Gasteiger partial charge is 0.236 e. The lowest BCUT2D eigenvalue weighted by Crippen LogP contribution is -2.40. The van der Waals surface area contributed by atoms with E-state index < -0.39 is 11.9 Å². The molecule has 106 valence electrons. The first-order chi connectivity index (χ1) is 8.63. The Labute approximate surface area is 109 Å². The Kier molecular flexibility index (Phi) is 7.23. The van der Waals surface area contributed by atoms with Gasteiger partial charge in [0.1, 0.15) is 6.04 Å². The van der Waals surface area contributed by atoms with E-state index in [0.717, 1.165) is 18.8 Å². The number of carbonyl (C=O) groups is 1. The third-order valence-electron chi connectivity index (χ3n) is 3.62. The van der Waals surface area contributed by atoms with Gasteiger partial charge in [-0.2, -0.15) is 0 Å². The minimum absolute atomic E-state index is 0.168. The van der Waals surface area contributed by atoms with E-state index in [1.54, 1.807) is 0 Å². The van der Waals surface area contributed by atoms with Crippen LogP contribution in [0.3, 0.4) is 0 Å². The molecule has 0 heterocycles. The van der Waals surface area contributed by atoms with Crippen LogP contribution >= 0.6 is 0 Å². The summed E-state index contributed by atoms with van der Waals surface area (Å²) in [6, 6.07) is -0.718. The van der Waals surface area contributed by atoms with E-state index in [0.29, 0.717) is 19.3 Å². The van der Waals surface area contributed by atoms with Gasteiger partial charge in [-0.15, -0.1) is 0 Å². The quantitative estimate of drug-likeness (QED) is 0.630. The molecule has 1 aliphatic rings. The van der Waals surface area contributed by atoms with Gasteiger partial charge in [-0.25, -0.2) is 0 Å². The molecule has 0 aromatic rings. The summed E-state index contributed by atoms with van der Waals surface area (Å²) >= 11 is 0. The molecule has 1 aliphatic carbocycles. The highest BCUT2D eigenvalue weighted by molar-refractivity contribution is 5.79. The predicted molar refractivity (Wildman–Crippen MR) is 70.0 cm³/mol. The average molecular weight is 258 g/mol. The molecule has 5 heteroatoms. The Balaban J connectivity index is 1.97. The van der Waals surface area contributed by atoms with Gasteiger partial charge in [0.2, 0.25) is 5.91 Å². The molecule has 0 spiro atoms. The summed E-state index contributed by atoms with van der Waals surface area (Å²) in [5.41, 5.74) is 10.5. The first-order valence-corrected chi connectivity index (χ1v) is 6.87. The number of primary amides is 1. The van der Waals surface area contributed by atoms with Gasteiger partial charge in [-0.3, -0.25) is 4.79 Å². The molecule has 18 heavy (non-hydrogen) atoms. The van der Waals surface area contributed by atoms with Gasteiger partial charge in [0.15, 0.2) is 0 Å². The second kappa shape index (κ2) is 8.45. The first kappa shape index (κ1) is 15.4. The van der Waals surface area contributed by atoms with Crippen molar-refractivity contribution in [2.75, 3.05) is 19.8 Å². The van der Waals surface area contributed by atoms with Crippen LogP contribution in [0.5, 0.6) is 0 Å². The number of hydrogen-bond donors (Lipinski definition) is 2. The van der Waals surface area contributed by atoms with Crippen molar-refractivity contribution in [1.82, 2.24) is 0 Å². The summed E-state index contributed by atoms with van der Waals surface area (Å²) in [4.78, 5) is 10.7. The Morgan fingerprint density at radius 2 is 1.94 bits per heavy atom. The third kappa shape index (κ3) is 5.80. The molecule has 1 rings (SSSR count). The minimum atomic E-state index is -0.718. The van der Waals surface area contributed by atoms with Crippen LogP contribution < -0.4 is 11.5 Å². The number of hydrogen-bond acceptors (Lipinski definition) is 4. The molecule has 0 aromatic heterocycles. The Morgan fingerprint density at radius 3 is 2.50 bits per heavy atom. The van der Waals surface area contributed by atoms with Crippen molar-refractivity contribution >= 4 is 5.91 Å². The lowest BCUT2D eigenvalue weighted by molar-refractivity contribution is -0.120. The number of nitrogens with two attached hydrogens (primary N) is 2. The van der Waals surface area contributed by atoms with Crippen molar-refractivity contribution in [1.29, 1.82) is 0 Å². The second-order valence-electron chi connectivity index (χ2n) is 5.01. The third-order valence-corrected chi connectivity index (χ3v) is 3.62. The van der Waals surface area contributed by atoms with Gasteiger partial charge in [-0.1, -0.05) is 13.3 Å². The number of amides is 1. The zero-order chi connectivity index (χ0) is 13.4. The summed E-state index contributed by atoms with van der Waals surface area (Å²) in [5, 5.41) is 0. The summed E-state index contributed by atoms with van der Waals surface area (Å²) < 4.78 is 11.0. The average Bonchev–Trinajstić information content (AvgIpc) is 2.38. The number of rotatable bonds is 8. The summed E-state index contributed by atoms with van der Waals surface area (Å²) in [7, 11) is 0. The molecule has 0 aliphatic heterocycles. The van der Waals surface area contributed by atoms with E-state index in [-0.39, 0.29) is 6.61 Å². The van der Waals surface area contributed by atoms with E-state index in [9.17, 15) is 4.79 Å². The molecule has 1 amide bonds. The lowest BCUT2D eigenvalue weighted by atomic mass is 9.86. The fraction of sp³-hybridized carbons (Fsp3) is 0.923. The highest BCUT2D eigenvalue weighted by Crippen LogP contribution is 2.27. The van der Waals surface area contributed by atoms with Crippen LogP contribution in [0.1, 0.15) is 39.0 Å². The fourth-order valence-corrected chi connectivity index (χ4v) is 2.27. The number of ether oxygens (including phenoxy) is 2. The molecule has 0 aromatic carbocycles. The molecule has 1 fully saturated rings. The fourth-order valence-electron chi connectivity index (χ4n) is 2.27. The summed E-state index contributed by atoms with van der Waals surface area (Å²) in [6.07, 6.45) is 6.50. The van der Waals surface area contributed by atoms with E-state index in [4.69, 9.17) is 20.9 Å². The lowest BCUT2D eigenvalue weighted by Gasteiger charge is -2.27. The van der Waals surface area contributed by atoms with E-state index in [2.05, 4.69) is 6.92 Å². The largest absolute Gasteiger partial charge is 0.377 e. The van der Waals surface area contributed by atoms with Crippen molar-refractivity contribution in [2.45, 2.75) is 51.2 Å². The van der Waals surface area contributed by atoms with Crippen molar-refractivity contribution in [3.8, 4) is 0 Å². The SMILES string of the molecule is CCC1CCC(OCCOCC(N)C(N)=O)CC1. The van der Waals surface area contributed by atoms with Crippen molar-refractivity contribution in [2.24, 2.45) is 17.4 Å². The summed E-state index contributed by atoms with van der Waals surface area (Å²) in [6.45, 7) is 3.45. The van der Waals surface area contributed by atoms with E-state index >= 15 is 0 Å². The molecule has 0 saturated heterocycles. The Morgan fingerprint density at radius 1 is 1.28 bits per heavy atom. The monoisotopic (exact) mass is 258 g/mol. The molecule has 1 unspecified atom stereocenters. The Bertz CT molecular complexity index is 240. The van der Waals surface area contributed by atoms with Gasteiger partial charge in [-0.05, 0) is 31.6 Å². The molecule has 1 saturated carbocycles. The normalized spacial score (nSPS) is 25.9. The van der Waals surface area contributed by atoms with Crippen LogP contribution in [-0.4, -0.2) is 37.9 Å². The van der Waals surface area contributed by atoms with Crippen molar-refractivity contribution in [3.63, 3.8) is 0 Å². The molecule has 0 bridgehead atoms. The van der Waals surface area contributed by atoms with Crippen LogP contribution in [-0.2, 0) is 14.3 Å². The number of carbonyl (C=O) groups excluding carboxylic acids is 1. The van der Waals surface area contributed by atoms with E-state index in [1.165, 1.54) is 19.3 Å². The topological polar surface area (TPSA) is 87.6 Å². The van der Waals surface area contributed by atoms with Crippen LogP contribution in [0.25, 0.3) is 0 Å². The van der Waals surface area contributed by atoms with Crippen LogP contribution in [0, 0.1) is 5.92 Å². The van der Waals surface area contributed by atoms with Gasteiger partial charge >= 0.3 is 0 Å². The zero-order valence-electron chi connectivity index (χ0n) is 11.3.